The van der Waals surface area contributed by atoms with Gasteiger partial charge in [0.25, 0.3) is 0 Å². The standard InChI is InChI=1S/C34H28ClF2N7O4/c1-3-48-34(47)27-17-20(2)44(39-27)29-6-4-5-24-23(29)15-16-42(33(24)30(45)18-21-7-9-22(36)10-8-21)31(46)14-11-25-28(43-19-38-40-41-43)13-12-26(35)32(25)37/h4-14,17,19,33H,3,15-16,18H2,1-2H3/b14-11+. The normalized spacial score (nSPS) is 14.3. The molecule has 0 radical (unpaired) electrons. The molecule has 3 aromatic carbocycles. The minimum absolute atomic E-state index is 0.0244. The van der Waals surface area contributed by atoms with Gasteiger partial charge in [0.15, 0.2) is 17.3 Å². The summed E-state index contributed by atoms with van der Waals surface area (Å²) in [6.07, 6.45) is 4.00. The third-order valence-corrected chi connectivity index (χ3v) is 8.27. The number of benzene rings is 3. The molecule has 2 aromatic heterocycles. The number of Topliss-reactive ketones (excluding diaryl/α,β-unsaturated/α-hetero) is 1. The van der Waals surface area contributed by atoms with Crippen LogP contribution in [0.3, 0.4) is 0 Å². The number of carbonyl (C=O) groups excluding carboxylic acids is 3. The number of hydrogen-bond donors (Lipinski definition) is 0. The number of hydrogen-bond acceptors (Lipinski definition) is 8. The number of rotatable bonds is 9. The Balaban J connectivity index is 1.39. The Kier molecular flexibility index (Phi) is 9.21. The number of esters is 1. The van der Waals surface area contributed by atoms with Crippen molar-refractivity contribution in [1.29, 1.82) is 0 Å². The van der Waals surface area contributed by atoms with Crippen molar-refractivity contribution in [3.63, 3.8) is 0 Å². The maximum absolute atomic E-state index is 15.2. The van der Waals surface area contributed by atoms with Gasteiger partial charge in [-0.1, -0.05) is 35.9 Å². The summed E-state index contributed by atoms with van der Waals surface area (Å²) in [6, 6.07) is 14.4. The summed E-state index contributed by atoms with van der Waals surface area (Å²) in [5.74, 6) is -2.63. The van der Waals surface area contributed by atoms with Gasteiger partial charge >= 0.3 is 5.97 Å². The Labute approximate surface area is 278 Å². The topological polar surface area (TPSA) is 125 Å². The number of fused-ring (bicyclic) bond motifs is 1. The molecule has 3 heterocycles. The summed E-state index contributed by atoms with van der Waals surface area (Å²) in [5.41, 5.74) is 3.60. The second-order valence-electron chi connectivity index (χ2n) is 11.0. The van der Waals surface area contributed by atoms with Gasteiger partial charge in [-0.15, -0.1) is 5.10 Å². The first-order chi connectivity index (χ1) is 23.2. The van der Waals surface area contributed by atoms with Crippen LogP contribution < -0.4 is 0 Å². The van der Waals surface area contributed by atoms with Gasteiger partial charge in [-0.05, 0) is 89.9 Å². The van der Waals surface area contributed by atoms with Gasteiger partial charge < -0.3 is 9.64 Å². The lowest BCUT2D eigenvalue weighted by atomic mass is 9.87. The lowest BCUT2D eigenvalue weighted by Crippen LogP contribution is -2.43. The molecule has 0 saturated carbocycles. The molecule has 1 unspecified atom stereocenters. The molecule has 0 N–H and O–H groups in total. The zero-order valence-corrected chi connectivity index (χ0v) is 26.6. The van der Waals surface area contributed by atoms with Crippen LogP contribution in [0.1, 0.15) is 51.4 Å². The number of nitrogens with zero attached hydrogens (tertiary/aromatic N) is 7. The van der Waals surface area contributed by atoms with Crippen molar-refractivity contribution in [3.05, 3.63) is 123 Å². The maximum Gasteiger partial charge on any atom is 0.358 e. The number of ketones is 1. The molecule has 1 atom stereocenters. The molecule has 11 nitrogen and oxygen atoms in total. The fourth-order valence-corrected chi connectivity index (χ4v) is 5.96. The molecule has 0 fully saturated rings. The van der Waals surface area contributed by atoms with Gasteiger partial charge in [0.1, 0.15) is 18.2 Å². The van der Waals surface area contributed by atoms with E-state index in [1.807, 2.05) is 6.07 Å². The van der Waals surface area contributed by atoms with E-state index in [1.165, 1.54) is 64.5 Å². The Hall–Kier alpha value is -5.56. The molecule has 244 valence electrons. The van der Waals surface area contributed by atoms with Gasteiger partial charge in [-0.3, -0.25) is 9.59 Å². The summed E-state index contributed by atoms with van der Waals surface area (Å²) in [4.78, 5) is 41.8. The monoisotopic (exact) mass is 671 g/mol. The fourth-order valence-electron chi connectivity index (χ4n) is 5.79. The van der Waals surface area contributed by atoms with Crippen LogP contribution in [0.15, 0.2) is 73.1 Å². The highest BCUT2D eigenvalue weighted by Crippen LogP contribution is 2.36. The summed E-state index contributed by atoms with van der Waals surface area (Å²) in [6.45, 7) is 3.84. The number of aromatic nitrogens is 6. The van der Waals surface area contributed by atoms with E-state index in [0.717, 1.165) is 5.56 Å². The molecular weight excluding hydrogens is 644 g/mol. The quantitative estimate of drug-likeness (QED) is 0.154. The van der Waals surface area contributed by atoms with Gasteiger partial charge in [0.05, 0.1) is 23.0 Å². The highest BCUT2D eigenvalue weighted by Gasteiger charge is 2.36. The molecular formula is C34H28ClF2N7O4. The zero-order valence-electron chi connectivity index (χ0n) is 25.8. The van der Waals surface area contributed by atoms with Crippen LogP contribution in [0.4, 0.5) is 8.78 Å². The largest absolute Gasteiger partial charge is 0.461 e. The zero-order chi connectivity index (χ0) is 33.9. The van der Waals surface area contributed by atoms with Crippen molar-refractivity contribution in [2.45, 2.75) is 32.7 Å². The summed E-state index contributed by atoms with van der Waals surface area (Å²) in [7, 11) is 0. The Morgan fingerprint density at radius 3 is 2.58 bits per heavy atom. The van der Waals surface area contributed by atoms with E-state index < -0.39 is 29.6 Å². The summed E-state index contributed by atoms with van der Waals surface area (Å²) in [5, 5.41) is 15.3. The van der Waals surface area contributed by atoms with Crippen LogP contribution in [-0.2, 0) is 27.2 Å². The first-order valence-electron chi connectivity index (χ1n) is 15.0. The number of carbonyl (C=O) groups is 3. The fraction of sp³-hybridized carbons (Fsp3) is 0.206. The van der Waals surface area contributed by atoms with Crippen molar-refractivity contribution in [1.82, 2.24) is 34.9 Å². The van der Waals surface area contributed by atoms with Gasteiger partial charge in [-0.25, -0.2) is 18.3 Å². The minimum atomic E-state index is -1.04. The van der Waals surface area contributed by atoms with E-state index >= 15 is 4.39 Å². The highest BCUT2D eigenvalue weighted by atomic mass is 35.5. The van der Waals surface area contributed by atoms with Crippen molar-refractivity contribution in [3.8, 4) is 11.4 Å². The first-order valence-corrected chi connectivity index (χ1v) is 15.4. The highest BCUT2D eigenvalue weighted by molar-refractivity contribution is 6.31. The second-order valence-corrected chi connectivity index (χ2v) is 11.4. The number of amides is 1. The van der Waals surface area contributed by atoms with Crippen LogP contribution >= 0.6 is 11.6 Å². The molecule has 0 spiro atoms. The predicted octanol–water partition coefficient (Wildman–Crippen LogP) is 5.22. The molecule has 1 amide bonds. The predicted molar refractivity (Wildman–Crippen MR) is 171 cm³/mol. The van der Waals surface area contributed by atoms with Crippen LogP contribution in [-0.4, -0.2) is 65.7 Å². The van der Waals surface area contributed by atoms with Crippen molar-refractivity contribution < 1.29 is 27.9 Å². The van der Waals surface area contributed by atoms with Crippen LogP contribution in [0.25, 0.3) is 17.5 Å². The molecule has 0 aliphatic carbocycles. The summed E-state index contributed by atoms with van der Waals surface area (Å²) < 4.78 is 36.9. The van der Waals surface area contributed by atoms with Gasteiger partial charge in [0, 0.05) is 30.3 Å². The lowest BCUT2D eigenvalue weighted by Gasteiger charge is -2.37. The lowest BCUT2D eigenvalue weighted by molar-refractivity contribution is -0.136. The molecule has 6 rings (SSSR count). The Bertz CT molecular complexity index is 2050. The third-order valence-electron chi connectivity index (χ3n) is 7.97. The van der Waals surface area contributed by atoms with E-state index in [9.17, 15) is 18.8 Å². The van der Waals surface area contributed by atoms with E-state index in [1.54, 1.807) is 36.7 Å². The molecule has 48 heavy (non-hydrogen) atoms. The number of tetrazole rings is 1. The third kappa shape index (κ3) is 6.36. The smallest absolute Gasteiger partial charge is 0.358 e. The van der Waals surface area contributed by atoms with Crippen molar-refractivity contribution >= 4 is 35.3 Å². The molecule has 1 aliphatic heterocycles. The van der Waals surface area contributed by atoms with E-state index in [4.69, 9.17) is 16.3 Å². The van der Waals surface area contributed by atoms with Crippen LogP contribution in [0, 0.1) is 18.6 Å². The van der Waals surface area contributed by atoms with E-state index in [0.29, 0.717) is 28.9 Å². The van der Waals surface area contributed by atoms with Crippen molar-refractivity contribution in [2.24, 2.45) is 0 Å². The van der Waals surface area contributed by atoms with Crippen LogP contribution in [0.5, 0.6) is 0 Å². The van der Waals surface area contributed by atoms with E-state index in [2.05, 4.69) is 20.6 Å². The number of ether oxygens (including phenoxy) is 1. The number of halogens is 3. The molecule has 0 bridgehead atoms. The summed E-state index contributed by atoms with van der Waals surface area (Å²) >= 11 is 6.06. The molecule has 14 heteroatoms. The van der Waals surface area contributed by atoms with Crippen molar-refractivity contribution in [2.75, 3.05) is 13.2 Å². The van der Waals surface area contributed by atoms with Gasteiger partial charge in [0.2, 0.25) is 5.91 Å². The minimum Gasteiger partial charge on any atom is -0.461 e. The molecule has 5 aromatic rings. The Morgan fingerprint density at radius 1 is 1.06 bits per heavy atom. The average Bonchev–Trinajstić information content (AvgIpc) is 3.76. The van der Waals surface area contributed by atoms with Crippen LogP contribution in [0.2, 0.25) is 5.02 Å². The maximum atomic E-state index is 15.2. The first kappa shape index (κ1) is 32.4. The second kappa shape index (κ2) is 13.7. The van der Waals surface area contributed by atoms with Gasteiger partial charge in [-0.2, -0.15) is 9.78 Å². The Morgan fingerprint density at radius 2 is 1.85 bits per heavy atom. The SMILES string of the molecule is CCOC(=O)c1cc(C)n(-c2cccc3c2CCN(C(=O)/C=C/c2c(-n4cnnn4)ccc(Cl)c2F)C3C(=O)Cc2ccc(F)cc2)n1. The van der Waals surface area contributed by atoms with E-state index in [-0.39, 0.29) is 47.3 Å². The number of aryl methyl sites for hydroxylation is 1. The molecule has 1 aliphatic rings. The average molecular weight is 672 g/mol. The molecule has 0 saturated heterocycles.